The minimum absolute atomic E-state index is 0.0339. The zero-order chi connectivity index (χ0) is 27.6. The van der Waals surface area contributed by atoms with Crippen molar-refractivity contribution in [2.75, 3.05) is 0 Å². The average Bonchev–Trinajstić information content (AvgIpc) is 2.87. The number of hydrogen-bond donors (Lipinski definition) is 3. The van der Waals surface area contributed by atoms with Crippen LogP contribution in [0.15, 0.2) is 90.6 Å². The lowest BCUT2D eigenvalue weighted by molar-refractivity contribution is 0.103. The number of phenolic OH excluding ortho intramolecular Hbond substituents is 2. The van der Waals surface area contributed by atoms with Crippen molar-refractivity contribution in [2.45, 2.75) is 4.90 Å². The molecule has 0 spiro atoms. The number of benzene rings is 4. The number of ketones is 1. The number of diazo groups is 1. The monoisotopic (exact) mass is 533 g/mol. The zero-order valence-corrected chi connectivity index (χ0v) is 19.6. The van der Waals surface area contributed by atoms with Crippen LogP contribution in [-0.4, -0.2) is 24.4 Å². The van der Waals surface area contributed by atoms with E-state index in [1.165, 1.54) is 36.4 Å². The van der Waals surface area contributed by atoms with Gasteiger partial charge in [0.05, 0.1) is 5.36 Å². The van der Waals surface area contributed by atoms with E-state index in [1.54, 1.807) is 6.07 Å². The number of nitrogens with zero attached hydrogens (tertiary/aromatic N) is 5. The molecule has 4 rings (SSSR count). The highest BCUT2D eigenvalue weighted by Gasteiger charge is 2.34. The van der Waals surface area contributed by atoms with Gasteiger partial charge in [0.1, 0.15) is 17.1 Å². The summed E-state index contributed by atoms with van der Waals surface area (Å²) in [6, 6.07) is 12.5. The first kappa shape index (κ1) is 25.5. The van der Waals surface area contributed by atoms with Gasteiger partial charge >= 0.3 is 15.2 Å². The summed E-state index contributed by atoms with van der Waals surface area (Å²) in [6.45, 7) is 0. The number of phenols is 2. The largest absolute Gasteiger partial charge is 0.508 e. The molecule has 0 saturated heterocycles. The lowest BCUT2D eigenvalue weighted by Crippen LogP contribution is -2.45. The van der Waals surface area contributed by atoms with Crippen molar-refractivity contribution in [1.29, 1.82) is 10.9 Å². The zero-order valence-electron chi connectivity index (χ0n) is 18.8. The first-order chi connectivity index (χ1) is 18.1. The molecule has 0 radical (unpaired) electrons. The molecule has 0 bridgehead atoms. The molecule has 0 amide bonds. The molecule has 188 valence electrons. The van der Waals surface area contributed by atoms with E-state index in [0.29, 0.717) is 0 Å². The normalized spacial score (nSPS) is 12.3. The van der Waals surface area contributed by atoms with Crippen molar-refractivity contribution in [2.24, 2.45) is 15.4 Å². The second-order valence-corrected chi connectivity index (χ2v) is 8.98. The quantitative estimate of drug-likeness (QED) is 0.0810. The Bertz CT molecular complexity index is 1980. The second kappa shape index (κ2) is 9.79. The standard InChI is InChI=1S/C23H12N6O8S/c24-28-26-14-8-4-7-13-17(14)23(19(27-29-25)22(34)21(13)33)38(35,36)37-16-10-12(30)9-15(31)18(16)20(32)11-5-2-1-3-6-11/h1-10,24H,(H-,30,31,32)/p+1. The molecule has 15 heteroatoms. The summed E-state index contributed by atoms with van der Waals surface area (Å²) in [5.41, 5.74) is 2.70. The third kappa shape index (κ3) is 4.38. The maximum Gasteiger partial charge on any atom is 0.342 e. The van der Waals surface area contributed by atoms with Crippen molar-refractivity contribution in [3.8, 4) is 28.4 Å². The summed E-state index contributed by atoms with van der Waals surface area (Å²) in [5, 5.41) is 39.7. The number of aromatic hydroxyl groups is 2. The molecule has 0 heterocycles. The SMILES string of the molecule is N#[N+]N=c1c(S(=O)(=O)Oc2cc(O)cc(O)c2C(=O)c2ccccc2)c2c(=NN=N)cccc-2c(=O)c1=O. The Hall–Kier alpha value is -5.62. The summed E-state index contributed by atoms with van der Waals surface area (Å²) < 4.78 is 32.4. The van der Waals surface area contributed by atoms with Crippen molar-refractivity contribution < 1.29 is 27.6 Å². The molecule has 0 unspecified atom stereocenters. The lowest BCUT2D eigenvalue weighted by atomic mass is 10.0. The Morgan fingerprint density at radius 2 is 1.71 bits per heavy atom. The third-order valence-corrected chi connectivity index (χ3v) is 6.53. The van der Waals surface area contributed by atoms with Crippen LogP contribution >= 0.6 is 0 Å². The number of carbonyl (C=O) groups excluding carboxylic acids is 1. The molecule has 3 N–H and O–H groups in total. The number of carbonyl (C=O) groups is 1. The molecular formula is C23H13N6O8S+. The predicted octanol–water partition coefficient (Wildman–Crippen LogP) is 1.31. The van der Waals surface area contributed by atoms with Crippen LogP contribution in [0.25, 0.3) is 16.2 Å². The minimum Gasteiger partial charge on any atom is -0.508 e. The first-order valence-electron chi connectivity index (χ1n) is 10.3. The van der Waals surface area contributed by atoms with Gasteiger partial charge in [-0.2, -0.15) is 13.9 Å². The van der Waals surface area contributed by atoms with E-state index in [4.69, 9.17) is 15.1 Å². The molecule has 2 aromatic carbocycles. The van der Waals surface area contributed by atoms with Gasteiger partial charge in [0, 0.05) is 28.8 Å². The Morgan fingerprint density at radius 3 is 2.37 bits per heavy atom. The van der Waals surface area contributed by atoms with E-state index < -0.39 is 71.0 Å². The first-order valence-corrected chi connectivity index (χ1v) is 11.7. The van der Waals surface area contributed by atoms with E-state index in [2.05, 4.69) is 20.5 Å². The highest BCUT2D eigenvalue weighted by Crippen LogP contribution is 2.36. The van der Waals surface area contributed by atoms with E-state index >= 15 is 0 Å². The summed E-state index contributed by atoms with van der Waals surface area (Å²) in [6.07, 6.45) is 0. The Morgan fingerprint density at radius 1 is 1.00 bits per heavy atom. The molecular weight excluding hydrogens is 520 g/mol. The smallest absolute Gasteiger partial charge is 0.342 e. The fourth-order valence-electron chi connectivity index (χ4n) is 3.71. The van der Waals surface area contributed by atoms with Crippen LogP contribution in [0.2, 0.25) is 0 Å². The van der Waals surface area contributed by atoms with Crippen LogP contribution in [0.3, 0.4) is 0 Å². The van der Waals surface area contributed by atoms with Gasteiger partial charge < -0.3 is 14.4 Å². The summed E-state index contributed by atoms with van der Waals surface area (Å²) >= 11 is 0. The van der Waals surface area contributed by atoms with Gasteiger partial charge in [-0.25, -0.2) is 0 Å². The minimum atomic E-state index is -5.29. The Labute approximate surface area is 211 Å². The average molecular weight is 533 g/mol. The number of rotatable bonds is 6. The van der Waals surface area contributed by atoms with E-state index in [9.17, 15) is 33.0 Å². The van der Waals surface area contributed by atoms with Crippen molar-refractivity contribution in [3.05, 3.63) is 108 Å². The van der Waals surface area contributed by atoms with Gasteiger partial charge in [-0.15, -0.1) is 5.10 Å². The van der Waals surface area contributed by atoms with Crippen LogP contribution in [0.5, 0.6) is 17.2 Å². The molecule has 0 aromatic heterocycles. The van der Waals surface area contributed by atoms with E-state index in [0.717, 1.165) is 18.2 Å². The molecule has 14 nitrogen and oxygen atoms in total. The van der Waals surface area contributed by atoms with Crippen LogP contribution in [-0.2, 0) is 10.1 Å². The highest BCUT2D eigenvalue weighted by atomic mass is 32.2. The van der Waals surface area contributed by atoms with Gasteiger partial charge in [0.25, 0.3) is 10.8 Å². The molecule has 0 saturated carbocycles. The molecule has 2 aliphatic rings. The fourth-order valence-corrected chi connectivity index (χ4v) is 5.00. The molecule has 2 aromatic rings. The maximum atomic E-state index is 13.6. The Balaban J connectivity index is 2.08. The van der Waals surface area contributed by atoms with E-state index in [1.807, 2.05) is 0 Å². The van der Waals surface area contributed by atoms with Crippen molar-refractivity contribution >= 4 is 15.9 Å². The van der Waals surface area contributed by atoms with Gasteiger partial charge in [0.2, 0.25) is 16.6 Å². The third-order valence-electron chi connectivity index (χ3n) is 5.23. The van der Waals surface area contributed by atoms with Crippen LogP contribution < -0.4 is 25.8 Å². The molecule has 0 aliphatic heterocycles. The van der Waals surface area contributed by atoms with Crippen LogP contribution in [0.4, 0.5) is 0 Å². The number of hydrogen-bond acceptors (Lipinski definition) is 12. The van der Waals surface area contributed by atoms with Gasteiger partial charge in [-0.1, -0.05) is 47.7 Å². The molecule has 38 heavy (non-hydrogen) atoms. The second-order valence-electron chi connectivity index (χ2n) is 7.50. The van der Waals surface area contributed by atoms with Crippen molar-refractivity contribution in [3.63, 3.8) is 0 Å². The highest BCUT2D eigenvalue weighted by molar-refractivity contribution is 7.87. The predicted molar refractivity (Wildman–Crippen MR) is 127 cm³/mol. The Kier molecular flexibility index (Phi) is 6.56. The molecule has 0 atom stereocenters. The topological polar surface area (TPSA) is 224 Å². The van der Waals surface area contributed by atoms with E-state index in [-0.39, 0.29) is 10.9 Å². The molecule has 2 aliphatic carbocycles. The van der Waals surface area contributed by atoms with Crippen LogP contribution in [0, 0.1) is 10.9 Å². The van der Waals surface area contributed by atoms with Gasteiger partial charge in [-0.05, 0) is 6.07 Å². The fraction of sp³-hybridized carbons (Fsp3) is 0. The van der Waals surface area contributed by atoms with Gasteiger partial charge in [0.15, 0.2) is 15.7 Å². The number of fused-ring (bicyclic) bond motifs is 1. The number of nitrogens with one attached hydrogen (secondary N) is 1. The van der Waals surface area contributed by atoms with Crippen molar-refractivity contribution in [1.82, 2.24) is 0 Å². The lowest BCUT2D eigenvalue weighted by Gasteiger charge is -2.15. The van der Waals surface area contributed by atoms with Gasteiger partial charge in [-0.3, -0.25) is 14.4 Å². The summed E-state index contributed by atoms with van der Waals surface area (Å²) in [4.78, 5) is 37.4. The maximum absolute atomic E-state index is 13.6. The van der Waals surface area contributed by atoms with Crippen LogP contribution in [0.1, 0.15) is 15.9 Å². The molecule has 0 fully saturated rings. The summed E-state index contributed by atoms with van der Waals surface area (Å²) in [5.74, 6) is -3.22. The summed E-state index contributed by atoms with van der Waals surface area (Å²) in [7, 11) is -5.29.